The molecular formula is C15H19N3O2S. The maximum absolute atomic E-state index is 11.8. The molecule has 1 aliphatic rings. The van der Waals surface area contributed by atoms with Crippen LogP contribution < -0.4 is 0 Å². The number of thiophene rings is 1. The number of carbonyl (C=O) groups is 1. The van der Waals surface area contributed by atoms with E-state index in [0.29, 0.717) is 0 Å². The standard InChI is InChI=1S/C15H19N3O2S/c1-3-17-9-11(8-16-17)10(2)18-6-4-13-12(5-7-21-13)14(18)15(19)20/h5,7-10,14H,3-4,6H2,1-2H3,(H,19,20). The molecule has 3 rings (SSSR count). The molecule has 0 saturated carbocycles. The third kappa shape index (κ3) is 2.49. The summed E-state index contributed by atoms with van der Waals surface area (Å²) in [5.41, 5.74) is 2.02. The number of hydrogen-bond acceptors (Lipinski definition) is 4. The molecule has 0 bridgehead atoms. The molecule has 21 heavy (non-hydrogen) atoms. The number of aliphatic carboxylic acids is 1. The Morgan fingerprint density at radius 2 is 2.43 bits per heavy atom. The number of carboxylic acids is 1. The Kier molecular flexibility index (Phi) is 3.82. The van der Waals surface area contributed by atoms with Crippen LogP contribution >= 0.6 is 11.3 Å². The predicted octanol–water partition coefficient (Wildman–Crippen LogP) is 2.71. The average molecular weight is 305 g/mol. The summed E-state index contributed by atoms with van der Waals surface area (Å²) in [6, 6.07) is 1.44. The zero-order valence-electron chi connectivity index (χ0n) is 12.2. The van der Waals surface area contributed by atoms with Gasteiger partial charge in [0, 0.05) is 35.8 Å². The van der Waals surface area contributed by atoms with Crippen LogP contribution in [0.15, 0.2) is 23.8 Å². The minimum atomic E-state index is -0.774. The van der Waals surface area contributed by atoms with E-state index >= 15 is 0 Å². The molecule has 1 aliphatic heterocycles. The van der Waals surface area contributed by atoms with Gasteiger partial charge in [0.2, 0.25) is 0 Å². The molecule has 2 atom stereocenters. The van der Waals surface area contributed by atoms with Gasteiger partial charge in [-0.1, -0.05) is 0 Å². The number of fused-ring (bicyclic) bond motifs is 1. The molecule has 0 aromatic carbocycles. The van der Waals surface area contributed by atoms with Gasteiger partial charge >= 0.3 is 5.97 Å². The second kappa shape index (κ2) is 5.61. The third-order valence-electron chi connectivity index (χ3n) is 4.19. The zero-order valence-corrected chi connectivity index (χ0v) is 13.0. The van der Waals surface area contributed by atoms with Gasteiger partial charge < -0.3 is 5.11 Å². The number of aryl methyl sites for hydroxylation is 1. The minimum absolute atomic E-state index is 0.0412. The molecule has 0 radical (unpaired) electrons. The molecule has 3 heterocycles. The van der Waals surface area contributed by atoms with Crippen molar-refractivity contribution in [1.82, 2.24) is 14.7 Å². The highest BCUT2D eigenvalue weighted by molar-refractivity contribution is 7.10. The normalized spacial score (nSPS) is 20.2. The molecule has 0 fully saturated rings. The van der Waals surface area contributed by atoms with E-state index < -0.39 is 12.0 Å². The average Bonchev–Trinajstić information content (AvgIpc) is 3.13. The van der Waals surface area contributed by atoms with Crippen LogP contribution in [0.5, 0.6) is 0 Å². The van der Waals surface area contributed by atoms with E-state index in [-0.39, 0.29) is 6.04 Å². The van der Waals surface area contributed by atoms with Gasteiger partial charge in [0.05, 0.1) is 6.20 Å². The van der Waals surface area contributed by atoms with Gasteiger partial charge in [-0.25, -0.2) is 0 Å². The van der Waals surface area contributed by atoms with Crippen LogP contribution in [-0.2, 0) is 17.8 Å². The van der Waals surface area contributed by atoms with Crippen LogP contribution in [0, 0.1) is 0 Å². The lowest BCUT2D eigenvalue weighted by atomic mass is 9.97. The summed E-state index contributed by atoms with van der Waals surface area (Å²) >= 11 is 1.66. The first-order valence-corrected chi connectivity index (χ1v) is 8.07. The maximum Gasteiger partial charge on any atom is 0.325 e. The van der Waals surface area contributed by atoms with Gasteiger partial charge in [0.15, 0.2) is 0 Å². The van der Waals surface area contributed by atoms with Crippen molar-refractivity contribution in [3.8, 4) is 0 Å². The van der Waals surface area contributed by atoms with Gasteiger partial charge in [-0.05, 0) is 37.3 Å². The molecular weight excluding hydrogens is 286 g/mol. The topological polar surface area (TPSA) is 58.4 Å². The maximum atomic E-state index is 11.8. The van der Waals surface area contributed by atoms with Gasteiger partial charge in [0.25, 0.3) is 0 Å². The Labute approximate surface area is 127 Å². The third-order valence-corrected chi connectivity index (χ3v) is 5.19. The highest BCUT2D eigenvalue weighted by Crippen LogP contribution is 2.38. The Balaban J connectivity index is 1.92. The van der Waals surface area contributed by atoms with Gasteiger partial charge in [-0.3, -0.25) is 14.4 Å². The molecule has 0 saturated heterocycles. The molecule has 6 heteroatoms. The molecule has 2 unspecified atom stereocenters. The Morgan fingerprint density at radius 1 is 1.62 bits per heavy atom. The fourth-order valence-electron chi connectivity index (χ4n) is 2.99. The van der Waals surface area contributed by atoms with E-state index in [4.69, 9.17) is 0 Å². The lowest BCUT2D eigenvalue weighted by molar-refractivity contribution is -0.145. The molecule has 1 N–H and O–H groups in total. The minimum Gasteiger partial charge on any atom is -0.480 e. The summed E-state index contributed by atoms with van der Waals surface area (Å²) in [5, 5.41) is 16.0. The van der Waals surface area contributed by atoms with Crippen LogP contribution in [0.4, 0.5) is 0 Å². The quantitative estimate of drug-likeness (QED) is 0.943. The second-order valence-electron chi connectivity index (χ2n) is 5.33. The Hall–Kier alpha value is -1.66. The first kappa shape index (κ1) is 14.3. The highest BCUT2D eigenvalue weighted by atomic mass is 32.1. The molecule has 0 aliphatic carbocycles. The van der Waals surface area contributed by atoms with Gasteiger partial charge in [0.1, 0.15) is 6.04 Å². The summed E-state index contributed by atoms with van der Waals surface area (Å²) in [6.45, 7) is 5.69. The highest BCUT2D eigenvalue weighted by Gasteiger charge is 2.36. The summed E-state index contributed by atoms with van der Waals surface area (Å²) in [5.74, 6) is -0.774. The molecule has 2 aromatic rings. The second-order valence-corrected chi connectivity index (χ2v) is 6.33. The van der Waals surface area contributed by atoms with Crippen LogP contribution in [0.2, 0.25) is 0 Å². The molecule has 2 aromatic heterocycles. The number of rotatable bonds is 4. The van der Waals surface area contributed by atoms with E-state index in [1.807, 2.05) is 35.4 Å². The van der Waals surface area contributed by atoms with E-state index in [2.05, 4.69) is 16.9 Å². The van der Waals surface area contributed by atoms with Crippen molar-refractivity contribution in [2.24, 2.45) is 0 Å². The van der Waals surface area contributed by atoms with Gasteiger partial charge in [-0.15, -0.1) is 11.3 Å². The lowest BCUT2D eigenvalue weighted by Crippen LogP contribution is -2.40. The van der Waals surface area contributed by atoms with E-state index in [9.17, 15) is 9.90 Å². The lowest BCUT2D eigenvalue weighted by Gasteiger charge is -2.37. The number of aromatic nitrogens is 2. The summed E-state index contributed by atoms with van der Waals surface area (Å²) in [6.07, 6.45) is 4.77. The van der Waals surface area contributed by atoms with Crippen LogP contribution in [0.25, 0.3) is 0 Å². The van der Waals surface area contributed by atoms with Gasteiger partial charge in [-0.2, -0.15) is 5.10 Å². The van der Waals surface area contributed by atoms with E-state index in [1.165, 1.54) is 4.88 Å². The van der Waals surface area contributed by atoms with E-state index in [1.54, 1.807) is 11.3 Å². The predicted molar refractivity (Wildman–Crippen MR) is 81.4 cm³/mol. The number of nitrogens with zero attached hydrogens (tertiary/aromatic N) is 3. The largest absolute Gasteiger partial charge is 0.480 e. The number of carboxylic acid groups (broad SMARTS) is 1. The van der Waals surface area contributed by atoms with Crippen molar-refractivity contribution < 1.29 is 9.90 Å². The van der Waals surface area contributed by atoms with Crippen molar-refractivity contribution in [2.45, 2.75) is 38.9 Å². The molecule has 112 valence electrons. The zero-order chi connectivity index (χ0) is 15.0. The van der Waals surface area contributed by atoms with Crippen molar-refractivity contribution in [1.29, 1.82) is 0 Å². The first-order chi connectivity index (χ1) is 10.1. The van der Waals surface area contributed by atoms with Crippen LogP contribution in [0.3, 0.4) is 0 Å². The molecule has 0 spiro atoms. The smallest absolute Gasteiger partial charge is 0.325 e. The monoisotopic (exact) mass is 305 g/mol. The van der Waals surface area contributed by atoms with Crippen molar-refractivity contribution >= 4 is 17.3 Å². The fraction of sp³-hybridized carbons (Fsp3) is 0.467. The summed E-state index contributed by atoms with van der Waals surface area (Å²) in [7, 11) is 0. The van der Waals surface area contributed by atoms with Crippen molar-refractivity contribution in [2.75, 3.05) is 6.54 Å². The fourth-order valence-corrected chi connectivity index (χ4v) is 3.89. The molecule has 0 amide bonds. The summed E-state index contributed by atoms with van der Waals surface area (Å²) < 4.78 is 1.88. The first-order valence-electron chi connectivity index (χ1n) is 7.19. The van der Waals surface area contributed by atoms with E-state index in [0.717, 1.165) is 30.6 Å². The van der Waals surface area contributed by atoms with Crippen LogP contribution in [-0.4, -0.2) is 32.3 Å². The van der Waals surface area contributed by atoms with Crippen molar-refractivity contribution in [3.05, 3.63) is 39.8 Å². The molecule has 5 nitrogen and oxygen atoms in total. The summed E-state index contributed by atoms with van der Waals surface area (Å²) in [4.78, 5) is 15.0. The Morgan fingerprint density at radius 3 is 3.10 bits per heavy atom. The SMILES string of the molecule is CCn1cc(C(C)N2CCc3sccc3C2C(=O)O)cn1. The Bertz CT molecular complexity index is 649. The number of hydrogen-bond donors (Lipinski definition) is 1. The van der Waals surface area contributed by atoms with Crippen molar-refractivity contribution in [3.63, 3.8) is 0 Å². The van der Waals surface area contributed by atoms with Crippen LogP contribution in [0.1, 0.15) is 41.9 Å².